The van der Waals surface area contributed by atoms with E-state index in [4.69, 9.17) is 16.3 Å². The molecule has 2 aliphatic rings. The molecule has 3 atom stereocenters. The van der Waals surface area contributed by atoms with E-state index in [1.165, 1.54) is 24.3 Å². The number of sulfonamides is 1. The average Bonchev–Trinajstić information content (AvgIpc) is 3.21. The predicted octanol–water partition coefficient (Wildman–Crippen LogP) is 3.42. The summed E-state index contributed by atoms with van der Waals surface area (Å²) in [6.07, 6.45) is 1.10. The topological polar surface area (TPSA) is 92.7 Å². The highest BCUT2D eigenvalue weighted by atomic mass is 35.5. The van der Waals surface area contributed by atoms with Crippen molar-refractivity contribution < 1.29 is 23.1 Å². The third-order valence-electron chi connectivity index (χ3n) is 5.28. The molecule has 0 saturated heterocycles. The number of ether oxygens (including phenoxy) is 1. The number of nitrogens with one attached hydrogen (secondary N) is 1. The van der Waals surface area contributed by atoms with Gasteiger partial charge in [-0.15, -0.1) is 0 Å². The number of fused-ring (bicyclic) bond motifs is 3. The molecule has 0 spiro atoms. The summed E-state index contributed by atoms with van der Waals surface area (Å²) in [5.74, 6) is -0.812. The minimum Gasteiger partial charge on any atom is -0.489 e. The lowest BCUT2D eigenvalue weighted by molar-refractivity contribution is -0.130. The molecule has 4 rings (SSSR count). The van der Waals surface area contributed by atoms with E-state index in [9.17, 15) is 18.3 Å². The SMILES string of the molecule is C=C(C(=O)O)c1cccc2c1OC1CCC(NS(=O)(=O)c3ccc(Cl)cc3)C21. The third-order valence-corrected chi connectivity index (χ3v) is 7.04. The van der Waals surface area contributed by atoms with Gasteiger partial charge in [-0.3, -0.25) is 0 Å². The number of hydrogen-bond acceptors (Lipinski definition) is 4. The molecule has 28 heavy (non-hydrogen) atoms. The van der Waals surface area contributed by atoms with Crippen LogP contribution in [0.2, 0.25) is 5.02 Å². The van der Waals surface area contributed by atoms with Crippen molar-refractivity contribution in [1.82, 2.24) is 4.72 Å². The number of carbonyl (C=O) groups is 1. The van der Waals surface area contributed by atoms with Crippen molar-refractivity contribution >= 4 is 33.2 Å². The van der Waals surface area contributed by atoms with Crippen LogP contribution in [-0.4, -0.2) is 31.6 Å². The molecule has 1 aliphatic heterocycles. The van der Waals surface area contributed by atoms with Crippen molar-refractivity contribution in [3.63, 3.8) is 0 Å². The summed E-state index contributed by atoms with van der Waals surface area (Å²) in [5, 5.41) is 9.73. The zero-order valence-corrected chi connectivity index (χ0v) is 16.3. The van der Waals surface area contributed by atoms with Gasteiger partial charge >= 0.3 is 5.97 Å². The van der Waals surface area contributed by atoms with E-state index in [1.54, 1.807) is 12.1 Å². The normalized spacial score (nSPS) is 23.0. The predicted molar refractivity (Wildman–Crippen MR) is 105 cm³/mol. The molecule has 2 aromatic rings. The summed E-state index contributed by atoms with van der Waals surface area (Å²) >= 11 is 5.84. The number of benzene rings is 2. The van der Waals surface area contributed by atoms with Crippen LogP contribution in [0.4, 0.5) is 0 Å². The van der Waals surface area contributed by atoms with Crippen LogP contribution in [0.3, 0.4) is 0 Å². The molecule has 1 saturated carbocycles. The molecular weight excluding hydrogens is 402 g/mol. The summed E-state index contributed by atoms with van der Waals surface area (Å²) in [4.78, 5) is 11.5. The van der Waals surface area contributed by atoms with Gasteiger partial charge in [-0.25, -0.2) is 17.9 Å². The van der Waals surface area contributed by atoms with E-state index >= 15 is 0 Å². The van der Waals surface area contributed by atoms with E-state index in [1.807, 2.05) is 6.07 Å². The van der Waals surface area contributed by atoms with Crippen LogP contribution >= 0.6 is 11.6 Å². The second-order valence-corrected chi connectivity index (χ2v) is 9.10. The van der Waals surface area contributed by atoms with Crippen molar-refractivity contribution in [2.45, 2.75) is 35.8 Å². The molecule has 146 valence electrons. The summed E-state index contributed by atoms with van der Waals surface area (Å²) in [6.45, 7) is 3.62. The zero-order valence-electron chi connectivity index (χ0n) is 14.8. The lowest BCUT2D eigenvalue weighted by atomic mass is 9.92. The Kier molecular flexibility index (Phi) is 4.69. The summed E-state index contributed by atoms with van der Waals surface area (Å²) in [5.41, 5.74) is 1.19. The van der Waals surface area contributed by atoms with Crippen molar-refractivity contribution in [2.24, 2.45) is 0 Å². The maximum absolute atomic E-state index is 12.8. The van der Waals surface area contributed by atoms with Crippen molar-refractivity contribution in [3.05, 3.63) is 65.2 Å². The molecule has 0 radical (unpaired) electrons. The number of para-hydroxylation sites is 1. The molecule has 0 amide bonds. The van der Waals surface area contributed by atoms with Crippen molar-refractivity contribution in [2.75, 3.05) is 0 Å². The Hall–Kier alpha value is -2.35. The van der Waals surface area contributed by atoms with Crippen LogP contribution in [0.25, 0.3) is 5.57 Å². The maximum Gasteiger partial charge on any atom is 0.335 e. The Morgan fingerprint density at radius 1 is 1.18 bits per heavy atom. The first-order valence-corrected chi connectivity index (χ1v) is 10.6. The summed E-state index contributed by atoms with van der Waals surface area (Å²) in [7, 11) is -3.72. The second-order valence-electron chi connectivity index (χ2n) is 6.95. The first-order chi connectivity index (χ1) is 13.3. The lowest BCUT2D eigenvalue weighted by Gasteiger charge is -2.19. The number of aliphatic carboxylic acids is 1. The van der Waals surface area contributed by atoms with Gasteiger partial charge in [-0.2, -0.15) is 0 Å². The van der Waals surface area contributed by atoms with Crippen LogP contribution in [-0.2, 0) is 14.8 Å². The van der Waals surface area contributed by atoms with Crippen LogP contribution in [0.15, 0.2) is 53.9 Å². The Balaban J connectivity index is 1.64. The smallest absolute Gasteiger partial charge is 0.335 e. The van der Waals surface area contributed by atoms with Crippen LogP contribution in [0, 0.1) is 0 Å². The maximum atomic E-state index is 12.8. The molecule has 0 bridgehead atoms. The molecule has 1 aliphatic carbocycles. The van der Waals surface area contributed by atoms with Gasteiger partial charge in [0.25, 0.3) is 0 Å². The zero-order chi connectivity index (χ0) is 20.1. The number of carboxylic acid groups (broad SMARTS) is 1. The first kappa shape index (κ1) is 19.0. The van der Waals surface area contributed by atoms with Crippen molar-refractivity contribution in [3.8, 4) is 5.75 Å². The van der Waals surface area contributed by atoms with Gasteiger partial charge in [0.15, 0.2) is 0 Å². The van der Waals surface area contributed by atoms with Crippen molar-refractivity contribution in [1.29, 1.82) is 0 Å². The van der Waals surface area contributed by atoms with Gasteiger partial charge in [0, 0.05) is 28.1 Å². The molecule has 8 heteroatoms. The van der Waals surface area contributed by atoms with E-state index in [-0.39, 0.29) is 28.5 Å². The van der Waals surface area contributed by atoms with Gasteiger partial charge in [-0.1, -0.05) is 36.4 Å². The van der Waals surface area contributed by atoms with Gasteiger partial charge in [0.05, 0.1) is 10.5 Å². The van der Waals surface area contributed by atoms with E-state index in [0.717, 1.165) is 5.56 Å². The number of carboxylic acids is 1. The van der Waals surface area contributed by atoms with E-state index < -0.39 is 16.0 Å². The highest BCUT2D eigenvalue weighted by molar-refractivity contribution is 7.89. The van der Waals surface area contributed by atoms with Gasteiger partial charge in [0.1, 0.15) is 11.9 Å². The van der Waals surface area contributed by atoms with Crippen LogP contribution in [0.1, 0.15) is 29.9 Å². The molecular formula is C20H18ClNO5S. The molecule has 0 aromatic heterocycles. The lowest BCUT2D eigenvalue weighted by Crippen LogP contribution is -2.37. The minimum absolute atomic E-state index is 0.0462. The van der Waals surface area contributed by atoms with E-state index in [0.29, 0.717) is 29.2 Å². The Bertz CT molecular complexity index is 1060. The third kappa shape index (κ3) is 3.19. The average molecular weight is 420 g/mol. The highest BCUT2D eigenvalue weighted by Gasteiger charge is 2.47. The number of rotatable bonds is 5. The number of halogens is 1. The van der Waals surface area contributed by atoms with Gasteiger partial charge in [-0.05, 0) is 37.1 Å². The molecule has 3 unspecified atom stereocenters. The summed E-state index contributed by atoms with van der Waals surface area (Å²) < 4.78 is 34.4. The minimum atomic E-state index is -3.72. The monoisotopic (exact) mass is 419 g/mol. The molecule has 2 aromatic carbocycles. The summed E-state index contributed by atoms with van der Waals surface area (Å²) in [6, 6.07) is 10.9. The fourth-order valence-electron chi connectivity index (χ4n) is 3.98. The Labute approximate surface area is 167 Å². The Morgan fingerprint density at radius 3 is 2.57 bits per heavy atom. The first-order valence-electron chi connectivity index (χ1n) is 8.78. The standard InChI is InChI=1S/C20H18ClNO5S/c1-11(20(23)24)14-3-2-4-15-18-16(9-10-17(18)27-19(14)15)22-28(25,26)13-7-5-12(21)6-8-13/h2-8,16-18,22H,1,9-10H2,(H,23,24). The molecule has 6 nitrogen and oxygen atoms in total. The highest BCUT2D eigenvalue weighted by Crippen LogP contribution is 2.49. The molecule has 2 N–H and O–H groups in total. The van der Waals surface area contributed by atoms with Gasteiger partial charge < -0.3 is 9.84 Å². The number of hydrogen-bond donors (Lipinski definition) is 2. The largest absolute Gasteiger partial charge is 0.489 e. The van der Waals surface area contributed by atoms with Crippen LogP contribution < -0.4 is 9.46 Å². The molecule has 1 fully saturated rings. The quantitative estimate of drug-likeness (QED) is 0.724. The second kappa shape index (κ2) is 6.92. The fourth-order valence-corrected chi connectivity index (χ4v) is 5.40. The van der Waals surface area contributed by atoms with Gasteiger partial charge in [0.2, 0.25) is 10.0 Å². The molecule has 1 heterocycles. The Morgan fingerprint density at radius 2 is 1.89 bits per heavy atom. The van der Waals surface area contributed by atoms with E-state index in [2.05, 4.69) is 11.3 Å². The van der Waals surface area contributed by atoms with Crippen LogP contribution in [0.5, 0.6) is 5.75 Å². The fraction of sp³-hybridized carbons (Fsp3) is 0.250.